The first-order valence-corrected chi connectivity index (χ1v) is 7.46. The van der Waals surface area contributed by atoms with Gasteiger partial charge in [-0.15, -0.1) is 0 Å². The van der Waals surface area contributed by atoms with Gasteiger partial charge in [-0.2, -0.15) is 0 Å². The molecule has 2 fully saturated rings. The molecule has 0 bridgehead atoms. The summed E-state index contributed by atoms with van der Waals surface area (Å²) in [5.74, 6) is 0.947. The smallest absolute Gasteiger partial charge is 0.00955 e. The van der Waals surface area contributed by atoms with Crippen LogP contribution in [0, 0.1) is 11.3 Å². The highest BCUT2D eigenvalue weighted by Gasteiger charge is 2.34. The van der Waals surface area contributed by atoms with Gasteiger partial charge in [-0.05, 0) is 30.6 Å². The van der Waals surface area contributed by atoms with Gasteiger partial charge in [-0.3, -0.25) is 0 Å². The van der Waals surface area contributed by atoms with E-state index in [9.17, 15) is 0 Å². The molecule has 1 heteroatoms. The zero-order valence-corrected chi connectivity index (χ0v) is 11.0. The molecule has 0 aromatic rings. The normalized spacial score (nSPS) is 28.9. The summed E-state index contributed by atoms with van der Waals surface area (Å²) in [5, 5.41) is 0. The van der Waals surface area contributed by atoms with Crippen LogP contribution in [-0.2, 0) is 0 Å². The van der Waals surface area contributed by atoms with E-state index >= 15 is 0 Å². The van der Waals surface area contributed by atoms with Crippen LogP contribution >= 0.6 is 0 Å². The lowest BCUT2D eigenvalue weighted by Gasteiger charge is -2.40. The number of rotatable bonds is 3. The Bertz CT molecular complexity index is 199. The van der Waals surface area contributed by atoms with Crippen LogP contribution in [0.1, 0.15) is 77.6 Å². The Labute approximate surface area is 101 Å². The highest BCUT2D eigenvalue weighted by atomic mass is 14.7. The van der Waals surface area contributed by atoms with Gasteiger partial charge in [-0.25, -0.2) is 0 Å². The highest BCUT2D eigenvalue weighted by Crippen LogP contribution is 2.41. The molecule has 16 heavy (non-hydrogen) atoms. The maximum Gasteiger partial charge on any atom is 0.00955 e. The molecule has 1 nitrogen and oxygen atoms in total. The molecule has 2 aliphatic carbocycles. The highest BCUT2D eigenvalue weighted by molar-refractivity contribution is 4.89. The van der Waals surface area contributed by atoms with E-state index in [-0.39, 0.29) is 0 Å². The van der Waals surface area contributed by atoms with Crippen molar-refractivity contribution >= 4 is 0 Å². The van der Waals surface area contributed by atoms with Crippen LogP contribution in [0.3, 0.4) is 0 Å². The van der Waals surface area contributed by atoms with Crippen molar-refractivity contribution in [1.82, 2.24) is 0 Å². The van der Waals surface area contributed by atoms with E-state index in [0.29, 0.717) is 11.5 Å². The van der Waals surface area contributed by atoms with Crippen molar-refractivity contribution in [2.75, 3.05) is 0 Å². The van der Waals surface area contributed by atoms with Crippen LogP contribution in [0.25, 0.3) is 0 Å². The van der Waals surface area contributed by atoms with Crippen LogP contribution in [0.15, 0.2) is 0 Å². The lowest BCUT2D eigenvalue weighted by Crippen LogP contribution is -2.42. The van der Waals surface area contributed by atoms with Crippen molar-refractivity contribution in [2.45, 2.75) is 83.6 Å². The first kappa shape index (κ1) is 12.4. The fourth-order valence-corrected chi connectivity index (χ4v) is 3.80. The Morgan fingerprint density at radius 2 is 1.56 bits per heavy atom. The zero-order valence-electron chi connectivity index (χ0n) is 11.0. The van der Waals surface area contributed by atoms with Crippen molar-refractivity contribution in [3.05, 3.63) is 0 Å². The molecule has 0 aliphatic heterocycles. The molecule has 0 heterocycles. The second-order valence-corrected chi connectivity index (χ2v) is 6.56. The van der Waals surface area contributed by atoms with E-state index in [4.69, 9.17) is 5.73 Å². The average molecular weight is 223 g/mol. The molecule has 2 aliphatic rings. The summed E-state index contributed by atoms with van der Waals surface area (Å²) in [6.45, 7) is 2.44. The summed E-state index contributed by atoms with van der Waals surface area (Å²) in [6.07, 6.45) is 15.6. The summed E-state index contributed by atoms with van der Waals surface area (Å²) in [4.78, 5) is 0. The van der Waals surface area contributed by atoms with Gasteiger partial charge in [0.2, 0.25) is 0 Å². The molecule has 0 spiro atoms. The van der Waals surface area contributed by atoms with Crippen molar-refractivity contribution in [2.24, 2.45) is 17.1 Å². The molecule has 2 saturated carbocycles. The van der Waals surface area contributed by atoms with Gasteiger partial charge < -0.3 is 5.73 Å². The van der Waals surface area contributed by atoms with Crippen LogP contribution < -0.4 is 5.73 Å². The van der Waals surface area contributed by atoms with E-state index < -0.39 is 0 Å². The standard InChI is InChI=1S/C15H29N/c1-15(10-6-3-7-11-15)14(16)12-13-8-4-2-5-9-13/h13-14H,2-12,16H2,1H3. The molecule has 2 N–H and O–H groups in total. The van der Waals surface area contributed by atoms with Gasteiger partial charge in [0, 0.05) is 6.04 Å². The molecule has 2 rings (SSSR count). The van der Waals surface area contributed by atoms with Crippen molar-refractivity contribution in [1.29, 1.82) is 0 Å². The third kappa shape index (κ3) is 3.00. The molecule has 0 saturated heterocycles. The molecular weight excluding hydrogens is 194 g/mol. The largest absolute Gasteiger partial charge is 0.327 e. The predicted octanol–water partition coefficient (Wildman–Crippen LogP) is 4.25. The predicted molar refractivity (Wildman–Crippen MR) is 70.4 cm³/mol. The molecule has 1 unspecified atom stereocenters. The second kappa shape index (κ2) is 5.53. The Kier molecular flexibility index (Phi) is 4.29. The third-order valence-electron chi connectivity index (χ3n) is 5.20. The molecule has 0 aromatic carbocycles. The summed E-state index contributed by atoms with van der Waals surface area (Å²) >= 11 is 0. The lowest BCUT2D eigenvalue weighted by atomic mass is 9.68. The Morgan fingerprint density at radius 3 is 2.19 bits per heavy atom. The molecule has 0 radical (unpaired) electrons. The van der Waals surface area contributed by atoms with E-state index in [1.54, 1.807) is 0 Å². The minimum atomic E-state index is 0.468. The first-order valence-electron chi connectivity index (χ1n) is 7.46. The summed E-state index contributed by atoms with van der Waals surface area (Å²) in [6, 6.07) is 0.468. The first-order chi connectivity index (χ1) is 7.71. The van der Waals surface area contributed by atoms with Crippen molar-refractivity contribution in [3.8, 4) is 0 Å². The Morgan fingerprint density at radius 1 is 1.00 bits per heavy atom. The topological polar surface area (TPSA) is 26.0 Å². The minimum absolute atomic E-state index is 0.468. The van der Waals surface area contributed by atoms with Crippen molar-refractivity contribution < 1.29 is 0 Å². The quantitative estimate of drug-likeness (QED) is 0.760. The fourth-order valence-electron chi connectivity index (χ4n) is 3.80. The monoisotopic (exact) mass is 223 g/mol. The zero-order chi connectivity index (χ0) is 11.4. The number of nitrogens with two attached hydrogens (primary N) is 1. The van der Waals surface area contributed by atoms with Gasteiger partial charge in [0.1, 0.15) is 0 Å². The van der Waals surface area contributed by atoms with Crippen LogP contribution in [0.2, 0.25) is 0 Å². The number of hydrogen-bond acceptors (Lipinski definition) is 1. The van der Waals surface area contributed by atoms with E-state index in [1.807, 2.05) is 0 Å². The maximum atomic E-state index is 6.51. The average Bonchev–Trinajstić information content (AvgIpc) is 2.31. The molecule has 1 atom stereocenters. The molecular formula is C15H29N. The van der Waals surface area contributed by atoms with Gasteiger partial charge in [0.25, 0.3) is 0 Å². The van der Waals surface area contributed by atoms with Gasteiger partial charge >= 0.3 is 0 Å². The van der Waals surface area contributed by atoms with Crippen LogP contribution in [0.4, 0.5) is 0 Å². The summed E-state index contributed by atoms with van der Waals surface area (Å²) in [5.41, 5.74) is 6.98. The van der Waals surface area contributed by atoms with Gasteiger partial charge in [0.15, 0.2) is 0 Å². The lowest BCUT2D eigenvalue weighted by molar-refractivity contribution is 0.142. The number of hydrogen-bond donors (Lipinski definition) is 1. The van der Waals surface area contributed by atoms with E-state index in [1.165, 1.54) is 70.6 Å². The van der Waals surface area contributed by atoms with Gasteiger partial charge in [-0.1, -0.05) is 58.3 Å². The Balaban J connectivity index is 1.83. The molecule has 94 valence electrons. The van der Waals surface area contributed by atoms with E-state index in [0.717, 1.165) is 5.92 Å². The van der Waals surface area contributed by atoms with Crippen LogP contribution in [-0.4, -0.2) is 6.04 Å². The second-order valence-electron chi connectivity index (χ2n) is 6.56. The summed E-state index contributed by atoms with van der Waals surface area (Å²) < 4.78 is 0. The molecule has 0 amide bonds. The SMILES string of the molecule is CC1(C(N)CC2CCCCC2)CCCCC1. The Hall–Kier alpha value is -0.0400. The third-order valence-corrected chi connectivity index (χ3v) is 5.20. The summed E-state index contributed by atoms with van der Waals surface area (Å²) in [7, 11) is 0. The fraction of sp³-hybridized carbons (Fsp3) is 1.00. The van der Waals surface area contributed by atoms with Gasteiger partial charge in [0.05, 0.1) is 0 Å². The van der Waals surface area contributed by atoms with E-state index in [2.05, 4.69) is 6.92 Å². The van der Waals surface area contributed by atoms with Crippen molar-refractivity contribution in [3.63, 3.8) is 0 Å². The maximum absolute atomic E-state index is 6.51. The minimum Gasteiger partial charge on any atom is -0.327 e. The van der Waals surface area contributed by atoms with Crippen LogP contribution in [0.5, 0.6) is 0 Å². The molecule has 0 aromatic heterocycles.